The zero-order valence-corrected chi connectivity index (χ0v) is 24.3. The van der Waals surface area contributed by atoms with Gasteiger partial charge in [0, 0.05) is 18.3 Å². The minimum Gasteiger partial charge on any atom is -0.394 e. The van der Waals surface area contributed by atoms with E-state index in [0.29, 0.717) is 6.42 Å². The average molecular weight is 565 g/mol. The predicted octanol–water partition coefficient (Wildman–Crippen LogP) is 2.32. The molecule has 39 heavy (non-hydrogen) atoms. The molecule has 0 aromatic carbocycles. The Bertz CT molecular complexity index is 563. The molecule has 0 spiro atoms. The summed E-state index contributed by atoms with van der Waals surface area (Å²) in [6, 6.07) is 0. The van der Waals surface area contributed by atoms with E-state index in [1.807, 2.05) is 0 Å². The van der Waals surface area contributed by atoms with E-state index in [0.717, 1.165) is 32.1 Å². The molecule has 0 saturated heterocycles. The van der Waals surface area contributed by atoms with Gasteiger partial charge in [-0.3, -0.25) is 0 Å². The van der Waals surface area contributed by atoms with Crippen molar-refractivity contribution in [3.63, 3.8) is 0 Å². The van der Waals surface area contributed by atoms with Crippen LogP contribution in [0, 0.1) is 5.41 Å². The van der Waals surface area contributed by atoms with Gasteiger partial charge in [-0.25, -0.2) is 0 Å². The highest BCUT2D eigenvalue weighted by Gasteiger charge is 2.52. The first kappa shape index (κ1) is 38.4. The zero-order chi connectivity index (χ0) is 29.6. The fourth-order valence-electron chi connectivity index (χ4n) is 5.71. The molecular weight excluding hydrogens is 504 g/mol. The summed E-state index contributed by atoms with van der Waals surface area (Å²) in [6.45, 7) is -0.264. The monoisotopic (exact) mass is 564 g/mol. The van der Waals surface area contributed by atoms with Crippen LogP contribution >= 0.6 is 0 Å². The van der Waals surface area contributed by atoms with Crippen LogP contribution in [-0.4, -0.2) is 102 Å². The molecule has 9 N–H and O–H groups in total. The van der Waals surface area contributed by atoms with E-state index in [1.165, 1.54) is 38.5 Å². The lowest BCUT2D eigenvalue weighted by atomic mass is 9.59. The molecule has 0 aromatic rings. The van der Waals surface area contributed by atoms with Gasteiger partial charge in [0.25, 0.3) is 0 Å². The van der Waals surface area contributed by atoms with Gasteiger partial charge in [-0.15, -0.1) is 0 Å². The van der Waals surface area contributed by atoms with Crippen molar-refractivity contribution in [1.29, 1.82) is 0 Å². The van der Waals surface area contributed by atoms with Gasteiger partial charge in [-0.2, -0.15) is 0 Å². The number of unbranched alkanes of at least 4 members (excludes halogenated alkanes) is 10. The molecule has 0 heterocycles. The molecular formula is C30H60O9. The number of aliphatic hydroxyl groups is 9. The summed E-state index contributed by atoms with van der Waals surface area (Å²) >= 11 is 0. The Morgan fingerprint density at radius 1 is 0.513 bits per heavy atom. The van der Waals surface area contributed by atoms with Gasteiger partial charge in [0.15, 0.2) is 0 Å². The number of aliphatic hydroxyl groups excluding tert-OH is 8. The van der Waals surface area contributed by atoms with Crippen LogP contribution in [0.25, 0.3) is 0 Å². The van der Waals surface area contributed by atoms with Crippen molar-refractivity contribution >= 4 is 0 Å². The van der Waals surface area contributed by atoms with Crippen molar-refractivity contribution in [2.75, 3.05) is 26.4 Å². The summed E-state index contributed by atoms with van der Waals surface area (Å²) in [7, 11) is 0. The Hall–Kier alpha value is -0.620. The lowest BCUT2D eigenvalue weighted by Gasteiger charge is -2.51. The van der Waals surface area contributed by atoms with Crippen molar-refractivity contribution in [3.05, 3.63) is 12.2 Å². The maximum absolute atomic E-state index is 11.9. The topological polar surface area (TPSA) is 182 Å². The highest BCUT2D eigenvalue weighted by atomic mass is 16.3. The number of hydrogen-bond acceptors (Lipinski definition) is 9. The molecule has 9 heteroatoms. The van der Waals surface area contributed by atoms with Crippen LogP contribution in [0.3, 0.4) is 0 Å². The highest BCUT2D eigenvalue weighted by molar-refractivity contribution is 5.03. The van der Waals surface area contributed by atoms with Gasteiger partial charge in [0.05, 0.1) is 56.4 Å². The third-order valence-corrected chi connectivity index (χ3v) is 7.90. The second-order valence-electron chi connectivity index (χ2n) is 11.5. The van der Waals surface area contributed by atoms with Crippen molar-refractivity contribution in [3.8, 4) is 0 Å². The number of allylic oxidation sites excluding steroid dienone is 2. The lowest BCUT2D eigenvalue weighted by Crippen LogP contribution is -2.56. The van der Waals surface area contributed by atoms with Crippen LogP contribution in [0.15, 0.2) is 12.2 Å². The van der Waals surface area contributed by atoms with E-state index >= 15 is 0 Å². The second kappa shape index (κ2) is 23.0. The van der Waals surface area contributed by atoms with Crippen LogP contribution in [-0.2, 0) is 0 Å². The molecule has 0 amide bonds. The first-order valence-corrected chi connectivity index (χ1v) is 15.2. The molecule has 0 saturated carbocycles. The first-order chi connectivity index (χ1) is 18.6. The number of rotatable bonds is 27. The van der Waals surface area contributed by atoms with Crippen LogP contribution in [0.1, 0.15) is 116 Å². The maximum Gasteiger partial charge on any atom is 0.0798 e. The molecule has 234 valence electrons. The molecule has 0 bridgehead atoms. The van der Waals surface area contributed by atoms with Gasteiger partial charge in [0.2, 0.25) is 0 Å². The molecule has 0 fully saturated rings. The average Bonchev–Trinajstić information content (AvgIpc) is 2.92. The fraction of sp³-hybridized carbons (Fsp3) is 0.933. The summed E-state index contributed by atoms with van der Waals surface area (Å²) in [5.41, 5.74) is -3.23. The van der Waals surface area contributed by atoms with Crippen LogP contribution in [0.5, 0.6) is 0 Å². The van der Waals surface area contributed by atoms with Crippen LogP contribution in [0.4, 0.5) is 0 Å². The Morgan fingerprint density at radius 3 is 1.28 bits per heavy atom. The van der Waals surface area contributed by atoms with E-state index in [9.17, 15) is 46.0 Å². The second-order valence-corrected chi connectivity index (χ2v) is 11.5. The Labute approximate surface area is 236 Å². The summed E-state index contributed by atoms with van der Waals surface area (Å²) in [5, 5.41) is 91.2. The summed E-state index contributed by atoms with van der Waals surface area (Å²) in [4.78, 5) is 0. The standard InChI is InChI=1S/C30H60O9/c1-2-3-4-5-6-7-8-9-10-11-12-13-14-15-16-29(17-25(35)21-31,18-26(36)22-32)30(39,19-27(37)23-33)20-28(38)24-34/h9-10,25-28,31-39H,2-8,11-24H2,1H3/b10-9-. The molecule has 0 aliphatic carbocycles. The van der Waals surface area contributed by atoms with E-state index in [4.69, 9.17) is 0 Å². The largest absolute Gasteiger partial charge is 0.394 e. The summed E-state index contributed by atoms with van der Waals surface area (Å²) < 4.78 is 0. The minimum absolute atomic E-state index is 0.158. The van der Waals surface area contributed by atoms with E-state index in [-0.39, 0.29) is 32.1 Å². The lowest BCUT2D eigenvalue weighted by molar-refractivity contribution is -0.173. The van der Waals surface area contributed by atoms with E-state index in [1.54, 1.807) is 0 Å². The predicted molar refractivity (Wildman–Crippen MR) is 153 cm³/mol. The van der Waals surface area contributed by atoms with Gasteiger partial charge in [0.1, 0.15) is 0 Å². The van der Waals surface area contributed by atoms with Crippen molar-refractivity contribution in [2.24, 2.45) is 5.41 Å². The van der Waals surface area contributed by atoms with Gasteiger partial charge in [-0.05, 0) is 44.9 Å². The highest BCUT2D eigenvalue weighted by Crippen LogP contribution is 2.50. The SMILES string of the molecule is CCCCCCCC/C=C\CCCCCCC(CC(O)CO)(CC(O)CO)C(O)(CC(O)CO)CC(O)CO. The summed E-state index contributed by atoms with van der Waals surface area (Å²) in [5.74, 6) is 0. The smallest absolute Gasteiger partial charge is 0.0798 e. The van der Waals surface area contributed by atoms with Crippen molar-refractivity contribution in [2.45, 2.75) is 146 Å². The number of hydrogen-bond donors (Lipinski definition) is 9. The molecule has 4 atom stereocenters. The molecule has 0 radical (unpaired) electrons. The van der Waals surface area contributed by atoms with Crippen molar-refractivity contribution in [1.82, 2.24) is 0 Å². The molecule has 9 nitrogen and oxygen atoms in total. The molecule has 4 unspecified atom stereocenters. The zero-order valence-electron chi connectivity index (χ0n) is 24.3. The minimum atomic E-state index is -1.91. The molecule has 0 rings (SSSR count). The Morgan fingerprint density at radius 2 is 0.872 bits per heavy atom. The van der Waals surface area contributed by atoms with Gasteiger partial charge in [-0.1, -0.05) is 70.4 Å². The van der Waals surface area contributed by atoms with E-state index in [2.05, 4.69) is 19.1 Å². The quantitative estimate of drug-likeness (QED) is 0.0534. The van der Waals surface area contributed by atoms with Gasteiger partial charge >= 0.3 is 0 Å². The third kappa shape index (κ3) is 16.4. The Balaban J connectivity index is 5.27. The maximum atomic E-state index is 11.9. The summed E-state index contributed by atoms with van der Waals surface area (Å²) in [6.07, 6.45) is 11.6. The fourth-order valence-corrected chi connectivity index (χ4v) is 5.71. The molecule has 0 aromatic heterocycles. The van der Waals surface area contributed by atoms with Gasteiger partial charge < -0.3 is 46.0 Å². The van der Waals surface area contributed by atoms with Crippen LogP contribution < -0.4 is 0 Å². The molecule has 0 aliphatic heterocycles. The van der Waals surface area contributed by atoms with Crippen molar-refractivity contribution < 1.29 is 46.0 Å². The first-order valence-electron chi connectivity index (χ1n) is 15.2. The Kier molecular flexibility index (Phi) is 22.6. The molecule has 0 aliphatic rings. The van der Waals surface area contributed by atoms with E-state index < -0.39 is 61.9 Å². The van der Waals surface area contributed by atoms with Crippen LogP contribution in [0.2, 0.25) is 0 Å². The normalized spacial score (nSPS) is 18.5. The third-order valence-electron chi connectivity index (χ3n) is 7.90.